The molecule has 0 radical (unpaired) electrons. The Labute approximate surface area is 118 Å². The summed E-state index contributed by atoms with van der Waals surface area (Å²) in [6.45, 7) is 6.09. The van der Waals surface area contributed by atoms with Gasteiger partial charge in [0, 0.05) is 38.0 Å². The second kappa shape index (κ2) is 6.51. The van der Waals surface area contributed by atoms with Crippen molar-refractivity contribution in [3.63, 3.8) is 0 Å². The number of aryl methyl sites for hydroxylation is 1. The number of aromatic nitrogens is 2. The largest absolute Gasteiger partial charge is 0.354 e. The van der Waals surface area contributed by atoms with E-state index in [1.807, 2.05) is 6.92 Å². The number of rotatable bonds is 4. The van der Waals surface area contributed by atoms with Crippen LogP contribution < -0.4 is 21.5 Å². The Hall–Kier alpha value is -1.89. The first-order chi connectivity index (χ1) is 9.65. The molecular formula is C13H22N6O. The van der Waals surface area contributed by atoms with Crippen molar-refractivity contribution in [1.82, 2.24) is 15.3 Å². The monoisotopic (exact) mass is 278 g/mol. The molecule has 7 heteroatoms. The zero-order chi connectivity index (χ0) is 14.5. The fourth-order valence-corrected chi connectivity index (χ4v) is 2.31. The van der Waals surface area contributed by atoms with E-state index in [4.69, 9.17) is 5.84 Å². The number of nitrogens with zero attached hydrogens (tertiary/aromatic N) is 3. The van der Waals surface area contributed by atoms with E-state index in [0.29, 0.717) is 25.3 Å². The van der Waals surface area contributed by atoms with E-state index in [2.05, 4.69) is 32.5 Å². The highest BCUT2D eigenvalue weighted by Crippen LogP contribution is 2.24. The molecule has 0 aliphatic carbocycles. The predicted octanol–water partition coefficient (Wildman–Crippen LogP) is 0.349. The van der Waals surface area contributed by atoms with Crippen LogP contribution in [0.15, 0.2) is 0 Å². The highest BCUT2D eigenvalue weighted by atomic mass is 16.1. The van der Waals surface area contributed by atoms with Crippen molar-refractivity contribution in [2.75, 3.05) is 30.0 Å². The number of carbonyl (C=O) groups is 1. The standard InChI is InChI=1S/C13H22N6O/c1-3-4-10-16-12(18-14)9(2)13(17-10)19-7-5-11(20)15-6-8-19/h3-8,14H2,1-2H3,(H,15,20)(H,16,17,18). The highest BCUT2D eigenvalue weighted by molar-refractivity contribution is 5.77. The summed E-state index contributed by atoms with van der Waals surface area (Å²) < 4.78 is 0. The van der Waals surface area contributed by atoms with Crippen molar-refractivity contribution in [3.05, 3.63) is 11.4 Å². The van der Waals surface area contributed by atoms with E-state index in [1.165, 1.54) is 0 Å². The number of nitrogens with two attached hydrogens (primary N) is 1. The number of hydrogen-bond acceptors (Lipinski definition) is 6. The molecule has 0 saturated carbocycles. The molecule has 20 heavy (non-hydrogen) atoms. The molecule has 1 aliphatic rings. The molecule has 7 nitrogen and oxygen atoms in total. The van der Waals surface area contributed by atoms with Gasteiger partial charge in [0.05, 0.1) is 0 Å². The van der Waals surface area contributed by atoms with E-state index in [-0.39, 0.29) is 5.91 Å². The summed E-state index contributed by atoms with van der Waals surface area (Å²) in [6.07, 6.45) is 2.28. The van der Waals surface area contributed by atoms with Crippen LogP contribution in [0, 0.1) is 6.92 Å². The van der Waals surface area contributed by atoms with Crippen LogP contribution in [-0.2, 0) is 11.2 Å². The molecule has 1 aliphatic heterocycles. The predicted molar refractivity (Wildman–Crippen MR) is 78.4 cm³/mol. The summed E-state index contributed by atoms with van der Waals surface area (Å²) in [4.78, 5) is 22.6. The van der Waals surface area contributed by atoms with E-state index < -0.39 is 0 Å². The van der Waals surface area contributed by atoms with Crippen LogP contribution in [-0.4, -0.2) is 35.5 Å². The molecule has 1 saturated heterocycles. The molecule has 2 rings (SSSR count). The molecule has 4 N–H and O–H groups in total. The first-order valence-electron chi connectivity index (χ1n) is 7.01. The van der Waals surface area contributed by atoms with Crippen molar-refractivity contribution >= 4 is 17.5 Å². The number of nitrogen functional groups attached to an aromatic ring is 1. The molecule has 0 bridgehead atoms. The number of carbonyl (C=O) groups excluding carboxylic acids is 1. The van der Waals surface area contributed by atoms with Crippen LogP contribution in [0.1, 0.15) is 31.2 Å². The van der Waals surface area contributed by atoms with Crippen molar-refractivity contribution in [3.8, 4) is 0 Å². The van der Waals surface area contributed by atoms with Gasteiger partial charge in [0.15, 0.2) is 0 Å². The molecule has 0 spiro atoms. The van der Waals surface area contributed by atoms with Crippen molar-refractivity contribution < 1.29 is 4.79 Å². The van der Waals surface area contributed by atoms with Gasteiger partial charge in [-0.15, -0.1) is 0 Å². The zero-order valence-electron chi connectivity index (χ0n) is 12.1. The van der Waals surface area contributed by atoms with E-state index in [1.54, 1.807) is 0 Å². The number of amides is 1. The lowest BCUT2D eigenvalue weighted by molar-refractivity contribution is -0.120. The van der Waals surface area contributed by atoms with Gasteiger partial charge in [0.2, 0.25) is 5.91 Å². The topological polar surface area (TPSA) is 96.2 Å². The van der Waals surface area contributed by atoms with E-state index in [9.17, 15) is 4.79 Å². The summed E-state index contributed by atoms with van der Waals surface area (Å²) in [6, 6.07) is 0. The molecule has 110 valence electrons. The Morgan fingerprint density at radius 3 is 2.90 bits per heavy atom. The van der Waals surface area contributed by atoms with Crippen molar-refractivity contribution in [1.29, 1.82) is 0 Å². The minimum absolute atomic E-state index is 0.0881. The Kier molecular flexibility index (Phi) is 4.73. The third kappa shape index (κ3) is 3.16. The minimum Gasteiger partial charge on any atom is -0.354 e. The summed E-state index contributed by atoms with van der Waals surface area (Å²) in [5.41, 5.74) is 3.56. The van der Waals surface area contributed by atoms with Gasteiger partial charge in [-0.05, 0) is 13.3 Å². The van der Waals surface area contributed by atoms with Gasteiger partial charge in [0.1, 0.15) is 17.5 Å². The summed E-state index contributed by atoms with van der Waals surface area (Å²) in [5.74, 6) is 7.93. The molecule has 0 aromatic carbocycles. The maximum absolute atomic E-state index is 11.4. The van der Waals surface area contributed by atoms with Gasteiger partial charge < -0.3 is 15.6 Å². The smallest absolute Gasteiger partial charge is 0.221 e. The number of anilines is 2. The Morgan fingerprint density at radius 2 is 2.20 bits per heavy atom. The average molecular weight is 278 g/mol. The maximum atomic E-state index is 11.4. The van der Waals surface area contributed by atoms with Crippen molar-refractivity contribution in [2.45, 2.75) is 33.1 Å². The van der Waals surface area contributed by atoms with Gasteiger partial charge in [-0.1, -0.05) is 6.92 Å². The van der Waals surface area contributed by atoms with E-state index >= 15 is 0 Å². The third-order valence-electron chi connectivity index (χ3n) is 3.39. The second-order valence-electron chi connectivity index (χ2n) is 4.92. The average Bonchev–Trinajstić information content (AvgIpc) is 2.65. The van der Waals surface area contributed by atoms with Crippen molar-refractivity contribution in [2.24, 2.45) is 5.84 Å². The first kappa shape index (κ1) is 14.5. The Morgan fingerprint density at radius 1 is 1.40 bits per heavy atom. The number of hydrogen-bond donors (Lipinski definition) is 3. The molecule has 1 fully saturated rings. The molecule has 2 heterocycles. The maximum Gasteiger partial charge on any atom is 0.221 e. The first-order valence-corrected chi connectivity index (χ1v) is 7.01. The van der Waals surface area contributed by atoms with Gasteiger partial charge in [-0.25, -0.2) is 15.8 Å². The van der Waals surface area contributed by atoms with Crippen LogP contribution >= 0.6 is 0 Å². The van der Waals surface area contributed by atoms with E-state index in [0.717, 1.165) is 36.6 Å². The quantitative estimate of drug-likeness (QED) is 0.543. The van der Waals surface area contributed by atoms with Crippen LogP contribution in [0.3, 0.4) is 0 Å². The van der Waals surface area contributed by atoms with Crippen LogP contribution in [0.5, 0.6) is 0 Å². The van der Waals surface area contributed by atoms with Gasteiger partial charge in [0.25, 0.3) is 0 Å². The molecule has 0 atom stereocenters. The van der Waals surface area contributed by atoms with Gasteiger partial charge in [-0.3, -0.25) is 4.79 Å². The minimum atomic E-state index is 0.0881. The van der Waals surface area contributed by atoms with Crippen LogP contribution in [0.25, 0.3) is 0 Å². The fraction of sp³-hybridized carbons (Fsp3) is 0.615. The van der Waals surface area contributed by atoms with Crippen LogP contribution in [0.4, 0.5) is 11.6 Å². The Bertz CT molecular complexity index is 490. The number of hydrazine groups is 1. The molecule has 0 unspecified atom stereocenters. The SMILES string of the molecule is CCCc1nc(NN)c(C)c(N2CCNC(=O)CC2)n1. The molecular weight excluding hydrogens is 256 g/mol. The fourth-order valence-electron chi connectivity index (χ4n) is 2.31. The molecule has 1 aromatic heterocycles. The lowest BCUT2D eigenvalue weighted by atomic mass is 10.2. The third-order valence-corrected chi connectivity index (χ3v) is 3.39. The summed E-state index contributed by atoms with van der Waals surface area (Å²) >= 11 is 0. The number of nitrogens with one attached hydrogen (secondary N) is 2. The summed E-state index contributed by atoms with van der Waals surface area (Å²) in [7, 11) is 0. The lowest BCUT2D eigenvalue weighted by Gasteiger charge is -2.24. The zero-order valence-corrected chi connectivity index (χ0v) is 12.1. The van der Waals surface area contributed by atoms with Gasteiger partial charge >= 0.3 is 0 Å². The van der Waals surface area contributed by atoms with Gasteiger partial charge in [-0.2, -0.15) is 0 Å². The van der Waals surface area contributed by atoms with Crippen LogP contribution in [0.2, 0.25) is 0 Å². The second-order valence-corrected chi connectivity index (χ2v) is 4.92. The summed E-state index contributed by atoms with van der Waals surface area (Å²) in [5, 5.41) is 2.87. The highest BCUT2D eigenvalue weighted by Gasteiger charge is 2.19. The Balaban J connectivity index is 2.33. The normalized spacial score (nSPS) is 15.8. The lowest BCUT2D eigenvalue weighted by Crippen LogP contribution is -2.30. The molecule has 1 amide bonds. The molecule has 1 aromatic rings.